The smallest absolute Gasteiger partial charge is 0.408 e. The molecule has 1 fully saturated rings. The molecule has 1 aromatic carbocycles. The number of hydrogen-bond acceptors (Lipinski definition) is 4. The predicted octanol–water partition coefficient (Wildman–Crippen LogP) is 2.23. The molecular weight excluding hydrogens is 254 g/mol. The maximum Gasteiger partial charge on any atom is 0.416 e. The van der Waals surface area contributed by atoms with E-state index in [1.807, 2.05) is 26.8 Å². The number of hydrogen-bond donors (Lipinski definition) is 2. The van der Waals surface area contributed by atoms with E-state index in [0.717, 1.165) is 19.5 Å². The van der Waals surface area contributed by atoms with Crippen molar-refractivity contribution in [3.8, 4) is 5.75 Å². The number of anilines is 1. The van der Waals surface area contributed by atoms with Crippen molar-refractivity contribution in [1.29, 1.82) is 0 Å². The quantitative estimate of drug-likeness (QED) is 0.813. The second-order valence-electron chi connectivity index (χ2n) is 6.09. The lowest BCUT2D eigenvalue weighted by atomic mass is 10.0. The van der Waals surface area contributed by atoms with Crippen molar-refractivity contribution in [3.05, 3.63) is 24.3 Å². The largest absolute Gasteiger partial charge is 0.416 e. The van der Waals surface area contributed by atoms with Crippen LogP contribution in [-0.4, -0.2) is 35.7 Å². The van der Waals surface area contributed by atoms with Crippen LogP contribution in [0, 0.1) is 0 Å². The third-order valence-corrected chi connectivity index (χ3v) is 3.44. The lowest BCUT2D eigenvalue weighted by Gasteiger charge is -2.39. The van der Waals surface area contributed by atoms with Gasteiger partial charge in [0.15, 0.2) is 5.75 Å². The van der Waals surface area contributed by atoms with Crippen LogP contribution < -0.4 is 15.8 Å². The fourth-order valence-electron chi connectivity index (χ4n) is 2.55. The Hall–Kier alpha value is -1.75. The summed E-state index contributed by atoms with van der Waals surface area (Å²) >= 11 is 0. The summed E-state index contributed by atoms with van der Waals surface area (Å²) in [7, 11) is 0. The summed E-state index contributed by atoms with van der Waals surface area (Å²) in [5, 5.41) is 3.28. The van der Waals surface area contributed by atoms with Crippen LogP contribution in [0.1, 0.15) is 27.2 Å². The van der Waals surface area contributed by atoms with Gasteiger partial charge in [-0.15, -0.1) is 0 Å². The molecule has 1 amide bonds. The number of rotatable bonds is 2. The number of nitrogens with two attached hydrogens (primary N) is 1. The van der Waals surface area contributed by atoms with E-state index < -0.39 is 0 Å². The molecule has 1 saturated heterocycles. The van der Waals surface area contributed by atoms with E-state index in [1.54, 1.807) is 23.1 Å². The molecule has 1 aromatic rings. The fourth-order valence-corrected chi connectivity index (χ4v) is 2.55. The SMILES string of the molecule is CC(C)(C)N(C(=O)Oc1ccccc1N)[C@H]1CCNC1. The van der Waals surface area contributed by atoms with Crippen molar-refractivity contribution in [2.45, 2.75) is 38.8 Å². The molecule has 0 aromatic heterocycles. The van der Waals surface area contributed by atoms with Crippen LogP contribution in [0.2, 0.25) is 0 Å². The summed E-state index contributed by atoms with van der Waals surface area (Å²) in [6.45, 7) is 7.78. The molecule has 1 aliphatic heterocycles. The van der Waals surface area contributed by atoms with Crippen LogP contribution in [-0.2, 0) is 0 Å². The second kappa shape index (κ2) is 5.71. The maximum absolute atomic E-state index is 12.5. The molecule has 0 aliphatic carbocycles. The molecule has 20 heavy (non-hydrogen) atoms. The van der Waals surface area contributed by atoms with E-state index in [2.05, 4.69) is 5.32 Å². The Balaban J connectivity index is 2.17. The summed E-state index contributed by atoms with van der Waals surface area (Å²) < 4.78 is 5.48. The molecule has 5 heteroatoms. The van der Waals surface area contributed by atoms with Crippen molar-refractivity contribution in [2.24, 2.45) is 0 Å². The van der Waals surface area contributed by atoms with Gasteiger partial charge in [0.05, 0.1) is 5.69 Å². The van der Waals surface area contributed by atoms with Crippen LogP contribution in [0.25, 0.3) is 0 Å². The number of nitrogen functional groups attached to an aromatic ring is 1. The van der Waals surface area contributed by atoms with Crippen molar-refractivity contribution in [2.75, 3.05) is 18.8 Å². The van der Waals surface area contributed by atoms with Gasteiger partial charge in [-0.3, -0.25) is 4.90 Å². The number of nitrogens with zero attached hydrogens (tertiary/aromatic N) is 1. The highest BCUT2D eigenvalue weighted by atomic mass is 16.6. The second-order valence-corrected chi connectivity index (χ2v) is 6.09. The van der Waals surface area contributed by atoms with Crippen LogP contribution in [0.4, 0.5) is 10.5 Å². The average Bonchev–Trinajstić information content (AvgIpc) is 2.84. The van der Waals surface area contributed by atoms with Crippen molar-refractivity contribution in [1.82, 2.24) is 10.2 Å². The highest BCUT2D eigenvalue weighted by Gasteiger charge is 2.36. The van der Waals surface area contributed by atoms with Gasteiger partial charge in [-0.1, -0.05) is 12.1 Å². The fraction of sp³-hybridized carbons (Fsp3) is 0.533. The molecule has 5 nitrogen and oxygen atoms in total. The first-order chi connectivity index (χ1) is 9.39. The van der Waals surface area contributed by atoms with Gasteiger partial charge in [-0.25, -0.2) is 4.79 Å². The number of ether oxygens (including phenoxy) is 1. The number of para-hydroxylation sites is 2. The van der Waals surface area contributed by atoms with Crippen LogP contribution in [0.3, 0.4) is 0 Å². The van der Waals surface area contributed by atoms with Crippen LogP contribution in [0.15, 0.2) is 24.3 Å². The Morgan fingerprint density at radius 1 is 1.40 bits per heavy atom. The lowest BCUT2D eigenvalue weighted by Crippen LogP contribution is -2.53. The van der Waals surface area contributed by atoms with Crippen molar-refractivity contribution >= 4 is 11.8 Å². The lowest BCUT2D eigenvalue weighted by molar-refractivity contribution is 0.0815. The van der Waals surface area contributed by atoms with Gasteiger partial charge in [-0.05, 0) is 45.9 Å². The van der Waals surface area contributed by atoms with E-state index in [1.165, 1.54) is 0 Å². The summed E-state index contributed by atoms with van der Waals surface area (Å²) in [6.07, 6.45) is 0.598. The molecule has 2 rings (SSSR count). The zero-order chi connectivity index (χ0) is 14.8. The molecule has 0 saturated carbocycles. The molecule has 0 unspecified atom stereocenters. The van der Waals surface area contributed by atoms with Gasteiger partial charge in [0.1, 0.15) is 0 Å². The van der Waals surface area contributed by atoms with Gasteiger partial charge < -0.3 is 15.8 Å². The summed E-state index contributed by atoms with van der Waals surface area (Å²) in [4.78, 5) is 14.3. The minimum Gasteiger partial charge on any atom is -0.408 e. The minimum absolute atomic E-state index is 0.160. The molecule has 1 heterocycles. The monoisotopic (exact) mass is 277 g/mol. The first-order valence-electron chi connectivity index (χ1n) is 6.96. The number of nitrogens with one attached hydrogen (secondary N) is 1. The van der Waals surface area contributed by atoms with Gasteiger partial charge >= 0.3 is 6.09 Å². The van der Waals surface area contributed by atoms with Gasteiger partial charge in [0.2, 0.25) is 0 Å². The van der Waals surface area contributed by atoms with Gasteiger partial charge in [0.25, 0.3) is 0 Å². The molecular formula is C15H23N3O2. The number of amides is 1. The van der Waals surface area contributed by atoms with Crippen molar-refractivity contribution in [3.63, 3.8) is 0 Å². The zero-order valence-electron chi connectivity index (χ0n) is 12.3. The van der Waals surface area contributed by atoms with E-state index in [0.29, 0.717) is 11.4 Å². The highest BCUT2D eigenvalue weighted by molar-refractivity contribution is 5.74. The summed E-state index contributed by atoms with van der Waals surface area (Å²) in [6, 6.07) is 7.21. The Labute approximate surface area is 120 Å². The zero-order valence-corrected chi connectivity index (χ0v) is 12.3. The van der Waals surface area contributed by atoms with Crippen LogP contribution in [0.5, 0.6) is 5.75 Å². The third-order valence-electron chi connectivity index (χ3n) is 3.44. The molecule has 1 aliphatic rings. The van der Waals surface area contributed by atoms with E-state index in [-0.39, 0.29) is 17.7 Å². The summed E-state index contributed by atoms with van der Waals surface area (Å²) in [5.74, 6) is 0.415. The minimum atomic E-state index is -0.343. The number of benzene rings is 1. The van der Waals surface area contributed by atoms with E-state index >= 15 is 0 Å². The van der Waals surface area contributed by atoms with Crippen molar-refractivity contribution < 1.29 is 9.53 Å². The van der Waals surface area contributed by atoms with E-state index in [4.69, 9.17) is 10.5 Å². The molecule has 0 radical (unpaired) electrons. The van der Waals surface area contributed by atoms with Gasteiger partial charge in [-0.2, -0.15) is 0 Å². The molecule has 0 spiro atoms. The van der Waals surface area contributed by atoms with Crippen LogP contribution >= 0.6 is 0 Å². The van der Waals surface area contributed by atoms with Gasteiger partial charge in [0, 0.05) is 18.1 Å². The standard InChI is InChI=1S/C15H23N3O2/c1-15(2,3)18(11-8-9-17-10-11)14(19)20-13-7-5-4-6-12(13)16/h4-7,11,17H,8-10,16H2,1-3H3/t11-/m0/s1. The topological polar surface area (TPSA) is 67.6 Å². The first kappa shape index (κ1) is 14.7. The molecule has 110 valence electrons. The molecule has 3 N–H and O–H groups in total. The predicted molar refractivity (Wildman–Crippen MR) is 79.7 cm³/mol. The number of carbonyl (C=O) groups is 1. The Bertz CT molecular complexity index is 476. The normalized spacial score (nSPS) is 18.9. The molecule has 0 bridgehead atoms. The summed E-state index contributed by atoms with van der Waals surface area (Å²) in [5.41, 5.74) is 6.00. The Kier molecular flexibility index (Phi) is 4.18. The maximum atomic E-state index is 12.5. The Morgan fingerprint density at radius 3 is 2.65 bits per heavy atom. The molecule has 1 atom stereocenters. The average molecular weight is 277 g/mol. The first-order valence-corrected chi connectivity index (χ1v) is 6.96. The Morgan fingerprint density at radius 2 is 2.10 bits per heavy atom. The van der Waals surface area contributed by atoms with E-state index in [9.17, 15) is 4.79 Å². The third kappa shape index (κ3) is 3.22. The highest BCUT2D eigenvalue weighted by Crippen LogP contribution is 2.25. The number of carbonyl (C=O) groups excluding carboxylic acids is 1.